The van der Waals surface area contributed by atoms with Crippen molar-refractivity contribution in [2.75, 3.05) is 25.5 Å². The molecule has 1 aliphatic rings. The van der Waals surface area contributed by atoms with Crippen molar-refractivity contribution >= 4 is 11.6 Å². The summed E-state index contributed by atoms with van der Waals surface area (Å²) in [6.07, 6.45) is 2.49. The molecule has 1 fully saturated rings. The highest BCUT2D eigenvalue weighted by Crippen LogP contribution is 2.28. The van der Waals surface area contributed by atoms with E-state index in [1.807, 2.05) is 0 Å². The number of hydrogen-bond acceptors (Lipinski definition) is 3. The van der Waals surface area contributed by atoms with Crippen molar-refractivity contribution in [3.63, 3.8) is 0 Å². The van der Waals surface area contributed by atoms with E-state index in [0.717, 1.165) is 12.7 Å². The maximum Gasteiger partial charge on any atom is 0.251 e. The van der Waals surface area contributed by atoms with Crippen LogP contribution in [0, 0.1) is 11.7 Å². The average Bonchev–Trinajstić information content (AvgIpc) is 3.16. The van der Waals surface area contributed by atoms with Crippen LogP contribution in [0.5, 0.6) is 0 Å². The van der Waals surface area contributed by atoms with E-state index in [4.69, 9.17) is 10.5 Å². The predicted octanol–water partition coefficient (Wildman–Crippen LogP) is 1.56. The van der Waals surface area contributed by atoms with Crippen molar-refractivity contribution in [3.8, 4) is 0 Å². The van der Waals surface area contributed by atoms with E-state index in [2.05, 4.69) is 5.32 Å². The van der Waals surface area contributed by atoms with Crippen molar-refractivity contribution in [1.82, 2.24) is 5.32 Å². The highest BCUT2D eigenvalue weighted by Gasteiger charge is 2.20. The van der Waals surface area contributed by atoms with Gasteiger partial charge in [0.2, 0.25) is 0 Å². The van der Waals surface area contributed by atoms with E-state index in [-0.39, 0.29) is 17.2 Å². The van der Waals surface area contributed by atoms with Gasteiger partial charge in [0.1, 0.15) is 5.82 Å². The summed E-state index contributed by atoms with van der Waals surface area (Å²) in [5.74, 6) is -0.177. The first kappa shape index (κ1) is 12.8. The Hall–Kier alpha value is -1.62. The van der Waals surface area contributed by atoms with Crippen LogP contribution >= 0.6 is 0 Å². The summed E-state index contributed by atoms with van der Waals surface area (Å²) in [7, 11) is 0. The molecule has 0 spiro atoms. The molecule has 0 atom stereocenters. The number of nitrogen functional groups attached to an aromatic ring is 1. The van der Waals surface area contributed by atoms with Crippen molar-refractivity contribution < 1.29 is 13.9 Å². The summed E-state index contributed by atoms with van der Waals surface area (Å²) in [4.78, 5) is 11.6. The van der Waals surface area contributed by atoms with Crippen LogP contribution in [0.4, 0.5) is 10.1 Å². The molecule has 1 aromatic carbocycles. The fraction of sp³-hybridized carbons (Fsp3) is 0.462. The maximum absolute atomic E-state index is 13.1. The number of nitrogens with one attached hydrogen (secondary N) is 1. The summed E-state index contributed by atoms with van der Waals surface area (Å²) in [5, 5.41) is 2.67. The first-order valence-electron chi connectivity index (χ1n) is 6.08. The minimum atomic E-state index is -0.576. The van der Waals surface area contributed by atoms with E-state index < -0.39 is 5.82 Å². The lowest BCUT2D eigenvalue weighted by molar-refractivity contribution is 0.0906. The monoisotopic (exact) mass is 252 g/mol. The van der Waals surface area contributed by atoms with E-state index in [1.165, 1.54) is 25.0 Å². The normalized spacial score (nSPS) is 14.5. The van der Waals surface area contributed by atoms with Crippen LogP contribution in [-0.2, 0) is 4.74 Å². The lowest BCUT2D eigenvalue weighted by Gasteiger charge is -2.06. The molecular formula is C13H17FN2O2. The number of rotatable bonds is 6. The second kappa shape index (κ2) is 5.82. The van der Waals surface area contributed by atoms with Gasteiger partial charge >= 0.3 is 0 Å². The van der Waals surface area contributed by atoms with Gasteiger partial charge in [0.15, 0.2) is 0 Å². The number of amides is 1. The summed E-state index contributed by atoms with van der Waals surface area (Å²) in [6.45, 7) is 1.68. The Morgan fingerprint density at radius 2 is 2.28 bits per heavy atom. The van der Waals surface area contributed by atoms with Gasteiger partial charge in [-0.1, -0.05) is 0 Å². The molecule has 0 radical (unpaired) electrons. The smallest absolute Gasteiger partial charge is 0.251 e. The number of anilines is 1. The Morgan fingerprint density at radius 1 is 1.50 bits per heavy atom. The van der Waals surface area contributed by atoms with Crippen LogP contribution in [0.15, 0.2) is 18.2 Å². The third kappa shape index (κ3) is 3.70. The second-order valence-corrected chi connectivity index (χ2v) is 4.51. The van der Waals surface area contributed by atoms with Crippen LogP contribution in [0.1, 0.15) is 23.2 Å². The van der Waals surface area contributed by atoms with Gasteiger partial charge in [-0.15, -0.1) is 0 Å². The molecule has 1 amide bonds. The zero-order valence-corrected chi connectivity index (χ0v) is 10.1. The molecule has 5 heteroatoms. The Morgan fingerprint density at radius 3 is 2.94 bits per heavy atom. The summed E-state index contributed by atoms with van der Waals surface area (Å²) < 4.78 is 18.5. The number of benzene rings is 1. The van der Waals surface area contributed by atoms with Gasteiger partial charge in [-0.2, -0.15) is 0 Å². The van der Waals surface area contributed by atoms with Crippen LogP contribution in [0.3, 0.4) is 0 Å². The topological polar surface area (TPSA) is 64.4 Å². The Bertz CT molecular complexity index is 433. The van der Waals surface area contributed by atoms with E-state index >= 15 is 0 Å². The summed E-state index contributed by atoms with van der Waals surface area (Å²) >= 11 is 0. The fourth-order valence-corrected chi connectivity index (χ4v) is 1.54. The van der Waals surface area contributed by atoms with E-state index in [0.29, 0.717) is 19.1 Å². The fourth-order valence-electron chi connectivity index (χ4n) is 1.54. The molecule has 18 heavy (non-hydrogen) atoms. The highest BCUT2D eigenvalue weighted by molar-refractivity contribution is 5.94. The molecule has 1 aromatic rings. The SMILES string of the molecule is Nc1ccc(C(=O)NCCOCC2CC2)cc1F. The molecule has 0 heterocycles. The molecule has 3 N–H and O–H groups in total. The number of hydrogen-bond donors (Lipinski definition) is 2. The number of nitrogens with two attached hydrogens (primary N) is 1. The Labute approximate surface area is 105 Å². The molecule has 1 aliphatic carbocycles. The number of ether oxygens (including phenoxy) is 1. The van der Waals surface area contributed by atoms with Crippen molar-refractivity contribution in [2.24, 2.45) is 5.92 Å². The maximum atomic E-state index is 13.1. The molecule has 0 aliphatic heterocycles. The van der Waals surface area contributed by atoms with Gasteiger partial charge in [0, 0.05) is 18.7 Å². The first-order valence-corrected chi connectivity index (χ1v) is 6.08. The number of halogens is 1. The van der Waals surface area contributed by atoms with Gasteiger partial charge in [-0.25, -0.2) is 4.39 Å². The van der Waals surface area contributed by atoms with Crippen LogP contribution in [0.25, 0.3) is 0 Å². The zero-order valence-electron chi connectivity index (χ0n) is 10.1. The third-order valence-electron chi connectivity index (χ3n) is 2.85. The molecule has 98 valence electrons. The molecule has 0 saturated heterocycles. The molecular weight excluding hydrogens is 235 g/mol. The molecule has 4 nitrogen and oxygen atoms in total. The van der Waals surface area contributed by atoms with E-state index in [1.54, 1.807) is 0 Å². The molecule has 0 unspecified atom stereocenters. The Balaban J connectivity index is 1.70. The second-order valence-electron chi connectivity index (χ2n) is 4.51. The molecule has 0 bridgehead atoms. The van der Waals surface area contributed by atoms with Gasteiger partial charge in [-0.3, -0.25) is 4.79 Å². The van der Waals surface area contributed by atoms with Crippen LogP contribution in [0.2, 0.25) is 0 Å². The highest BCUT2D eigenvalue weighted by atomic mass is 19.1. The number of carbonyl (C=O) groups is 1. The standard InChI is InChI=1S/C13H17FN2O2/c14-11-7-10(3-4-12(11)15)13(17)16-5-6-18-8-9-1-2-9/h3-4,7,9H,1-2,5-6,8,15H2,(H,16,17). The lowest BCUT2D eigenvalue weighted by Crippen LogP contribution is -2.27. The van der Waals surface area contributed by atoms with Gasteiger partial charge < -0.3 is 15.8 Å². The minimum Gasteiger partial charge on any atom is -0.396 e. The van der Waals surface area contributed by atoms with Crippen LogP contribution in [-0.4, -0.2) is 25.7 Å². The summed E-state index contributed by atoms with van der Waals surface area (Å²) in [6, 6.07) is 4.02. The lowest BCUT2D eigenvalue weighted by atomic mass is 10.2. The third-order valence-corrected chi connectivity index (χ3v) is 2.85. The molecule has 1 saturated carbocycles. The van der Waals surface area contributed by atoms with Gasteiger partial charge in [0.05, 0.1) is 12.3 Å². The average molecular weight is 252 g/mol. The van der Waals surface area contributed by atoms with Crippen molar-refractivity contribution in [1.29, 1.82) is 0 Å². The number of carbonyl (C=O) groups excluding carboxylic acids is 1. The van der Waals surface area contributed by atoms with Crippen molar-refractivity contribution in [2.45, 2.75) is 12.8 Å². The minimum absolute atomic E-state index is 0.0410. The predicted molar refractivity (Wildman–Crippen MR) is 66.7 cm³/mol. The zero-order chi connectivity index (χ0) is 13.0. The summed E-state index contributed by atoms with van der Waals surface area (Å²) in [5.41, 5.74) is 5.64. The first-order chi connectivity index (χ1) is 8.66. The quantitative estimate of drug-likeness (QED) is 0.596. The van der Waals surface area contributed by atoms with Gasteiger partial charge in [0.25, 0.3) is 5.91 Å². The van der Waals surface area contributed by atoms with Gasteiger partial charge in [-0.05, 0) is 37.0 Å². The molecule has 0 aromatic heterocycles. The molecule has 2 rings (SSSR count). The largest absolute Gasteiger partial charge is 0.396 e. The van der Waals surface area contributed by atoms with E-state index in [9.17, 15) is 9.18 Å². The Kier molecular flexibility index (Phi) is 4.15. The van der Waals surface area contributed by atoms with Crippen molar-refractivity contribution in [3.05, 3.63) is 29.6 Å². The van der Waals surface area contributed by atoms with Crippen LogP contribution < -0.4 is 11.1 Å².